The molecule has 108 valence electrons. The third kappa shape index (κ3) is 4.38. The molecule has 2 rings (SSSR count). The van der Waals surface area contributed by atoms with Crippen LogP contribution in [0.1, 0.15) is 12.5 Å². The summed E-state index contributed by atoms with van der Waals surface area (Å²) >= 11 is 0. The van der Waals surface area contributed by atoms with E-state index in [1.54, 1.807) is 43.6 Å². The lowest BCUT2D eigenvalue weighted by Crippen LogP contribution is -2.25. The summed E-state index contributed by atoms with van der Waals surface area (Å²) in [7, 11) is 0. The SMILES string of the molecule is C/C(=N/NC(=O)COc1ccccc1F)c1ccncc1. The van der Waals surface area contributed by atoms with Gasteiger partial charge < -0.3 is 4.74 Å². The summed E-state index contributed by atoms with van der Waals surface area (Å²) in [6.07, 6.45) is 3.27. The summed E-state index contributed by atoms with van der Waals surface area (Å²) in [5.74, 6) is -0.948. The molecule has 0 spiro atoms. The van der Waals surface area contributed by atoms with Crippen molar-refractivity contribution in [3.63, 3.8) is 0 Å². The molecule has 0 aliphatic heterocycles. The van der Waals surface area contributed by atoms with Crippen molar-refractivity contribution in [3.05, 3.63) is 60.2 Å². The molecule has 1 heterocycles. The number of para-hydroxylation sites is 1. The summed E-state index contributed by atoms with van der Waals surface area (Å²) in [5.41, 5.74) is 3.84. The Morgan fingerprint density at radius 2 is 2.00 bits per heavy atom. The van der Waals surface area contributed by atoms with Gasteiger partial charge in [-0.15, -0.1) is 0 Å². The maximum absolute atomic E-state index is 13.3. The number of pyridine rings is 1. The Morgan fingerprint density at radius 3 is 2.71 bits per heavy atom. The van der Waals surface area contributed by atoms with Gasteiger partial charge in [0, 0.05) is 18.0 Å². The molecule has 1 N–H and O–H groups in total. The molecule has 0 radical (unpaired) electrons. The highest BCUT2D eigenvalue weighted by Crippen LogP contribution is 2.14. The highest BCUT2D eigenvalue weighted by Gasteiger charge is 2.05. The average molecular weight is 287 g/mol. The third-order valence-electron chi connectivity index (χ3n) is 2.64. The Kier molecular flexibility index (Phi) is 4.98. The number of carbonyl (C=O) groups is 1. The van der Waals surface area contributed by atoms with Crippen molar-refractivity contribution in [1.29, 1.82) is 0 Å². The van der Waals surface area contributed by atoms with Crippen LogP contribution < -0.4 is 10.2 Å². The van der Waals surface area contributed by atoms with Crippen molar-refractivity contribution < 1.29 is 13.9 Å². The first-order valence-electron chi connectivity index (χ1n) is 6.27. The molecule has 0 unspecified atom stereocenters. The number of hydrazone groups is 1. The van der Waals surface area contributed by atoms with Crippen LogP contribution in [0, 0.1) is 5.82 Å². The van der Waals surface area contributed by atoms with Gasteiger partial charge in [-0.3, -0.25) is 9.78 Å². The van der Waals surface area contributed by atoms with E-state index in [1.807, 2.05) is 0 Å². The largest absolute Gasteiger partial charge is 0.481 e. The number of aromatic nitrogens is 1. The van der Waals surface area contributed by atoms with Crippen LogP contribution in [-0.2, 0) is 4.79 Å². The molecule has 1 amide bonds. The van der Waals surface area contributed by atoms with E-state index in [0.717, 1.165) is 5.56 Å². The summed E-state index contributed by atoms with van der Waals surface area (Å²) < 4.78 is 18.4. The fourth-order valence-corrected chi connectivity index (χ4v) is 1.54. The molecule has 1 aromatic carbocycles. The molecule has 0 atom stereocenters. The first-order valence-corrected chi connectivity index (χ1v) is 6.27. The molecule has 0 aliphatic carbocycles. The Labute approximate surface area is 121 Å². The minimum Gasteiger partial charge on any atom is -0.481 e. The Bertz CT molecular complexity index is 644. The first-order chi connectivity index (χ1) is 10.2. The molecule has 0 aliphatic rings. The molecule has 0 saturated carbocycles. The van der Waals surface area contributed by atoms with Crippen molar-refractivity contribution in [3.8, 4) is 5.75 Å². The van der Waals surface area contributed by atoms with E-state index in [9.17, 15) is 9.18 Å². The predicted octanol–water partition coefficient (Wildman–Crippen LogP) is 2.14. The van der Waals surface area contributed by atoms with Gasteiger partial charge in [-0.05, 0) is 31.2 Å². The zero-order valence-electron chi connectivity index (χ0n) is 11.4. The third-order valence-corrected chi connectivity index (χ3v) is 2.64. The molecule has 0 bridgehead atoms. The van der Waals surface area contributed by atoms with Crippen LogP contribution in [0.3, 0.4) is 0 Å². The van der Waals surface area contributed by atoms with E-state index in [2.05, 4.69) is 15.5 Å². The lowest BCUT2D eigenvalue weighted by Gasteiger charge is -2.06. The van der Waals surface area contributed by atoms with Crippen LogP contribution in [0.5, 0.6) is 5.75 Å². The van der Waals surface area contributed by atoms with Gasteiger partial charge in [0.05, 0.1) is 5.71 Å². The number of halogens is 1. The number of ether oxygens (including phenoxy) is 1. The van der Waals surface area contributed by atoms with Gasteiger partial charge in [-0.1, -0.05) is 12.1 Å². The van der Waals surface area contributed by atoms with Gasteiger partial charge in [-0.2, -0.15) is 5.10 Å². The second-order valence-corrected chi connectivity index (χ2v) is 4.19. The van der Waals surface area contributed by atoms with Crippen LogP contribution in [0.4, 0.5) is 4.39 Å². The maximum Gasteiger partial charge on any atom is 0.277 e. The quantitative estimate of drug-likeness (QED) is 0.677. The predicted molar refractivity (Wildman–Crippen MR) is 76.5 cm³/mol. The average Bonchev–Trinajstić information content (AvgIpc) is 2.52. The number of hydrogen-bond acceptors (Lipinski definition) is 4. The van der Waals surface area contributed by atoms with Crippen molar-refractivity contribution in [2.45, 2.75) is 6.92 Å². The number of amides is 1. The molecule has 0 fully saturated rings. The topological polar surface area (TPSA) is 63.6 Å². The number of nitrogens with zero attached hydrogens (tertiary/aromatic N) is 2. The molecule has 6 heteroatoms. The van der Waals surface area contributed by atoms with E-state index in [1.165, 1.54) is 12.1 Å². The molecule has 21 heavy (non-hydrogen) atoms. The van der Waals surface area contributed by atoms with Gasteiger partial charge in [-0.25, -0.2) is 9.82 Å². The van der Waals surface area contributed by atoms with Crippen molar-refractivity contribution in [1.82, 2.24) is 10.4 Å². The van der Waals surface area contributed by atoms with E-state index in [-0.39, 0.29) is 12.4 Å². The number of nitrogens with one attached hydrogen (secondary N) is 1. The monoisotopic (exact) mass is 287 g/mol. The minimum absolute atomic E-state index is 0.0301. The Balaban J connectivity index is 1.87. The lowest BCUT2D eigenvalue weighted by atomic mass is 10.2. The molecule has 0 saturated heterocycles. The number of hydrogen-bond donors (Lipinski definition) is 1. The fraction of sp³-hybridized carbons (Fsp3) is 0.133. The summed E-state index contributed by atoms with van der Waals surface area (Å²) in [6.45, 7) is 1.45. The molecule has 5 nitrogen and oxygen atoms in total. The molecular weight excluding hydrogens is 273 g/mol. The summed E-state index contributed by atoms with van der Waals surface area (Å²) in [6, 6.07) is 9.45. The van der Waals surface area contributed by atoms with Crippen LogP contribution in [0.2, 0.25) is 0 Å². The molecule has 2 aromatic rings. The second-order valence-electron chi connectivity index (χ2n) is 4.19. The van der Waals surface area contributed by atoms with Crippen molar-refractivity contribution in [2.75, 3.05) is 6.61 Å². The zero-order valence-corrected chi connectivity index (χ0v) is 11.4. The highest BCUT2D eigenvalue weighted by molar-refractivity contribution is 5.99. The van der Waals surface area contributed by atoms with E-state index >= 15 is 0 Å². The maximum atomic E-state index is 13.3. The van der Waals surface area contributed by atoms with E-state index < -0.39 is 11.7 Å². The number of benzene rings is 1. The zero-order chi connectivity index (χ0) is 15.1. The summed E-state index contributed by atoms with van der Waals surface area (Å²) in [5, 5.41) is 3.94. The van der Waals surface area contributed by atoms with Gasteiger partial charge >= 0.3 is 0 Å². The second kappa shape index (κ2) is 7.14. The van der Waals surface area contributed by atoms with E-state index in [4.69, 9.17) is 4.74 Å². The van der Waals surface area contributed by atoms with E-state index in [0.29, 0.717) is 5.71 Å². The lowest BCUT2D eigenvalue weighted by molar-refractivity contribution is -0.123. The highest BCUT2D eigenvalue weighted by atomic mass is 19.1. The first kappa shape index (κ1) is 14.6. The smallest absolute Gasteiger partial charge is 0.277 e. The van der Waals surface area contributed by atoms with Crippen molar-refractivity contribution in [2.24, 2.45) is 5.10 Å². The van der Waals surface area contributed by atoms with Gasteiger partial charge in [0.1, 0.15) is 0 Å². The standard InChI is InChI=1S/C15H14FN3O2/c1-11(12-6-8-17-9-7-12)18-19-15(20)10-21-14-5-3-2-4-13(14)16/h2-9H,10H2,1H3,(H,19,20)/b18-11-. The van der Waals surface area contributed by atoms with Crippen LogP contribution in [0.15, 0.2) is 53.9 Å². The molecule has 1 aromatic heterocycles. The number of carbonyl (C=O) groups excluding carboxylic acids is 1. The van der Waals surface area contributed by atoms with Crippen LogP contribution >= 0.6 is 0 Å². The van der Waals surface area contributed by atoms with Gasteiger partial charge in [0.15, 0.2) is 18.2 Å². The van der Waals surface area contributed by atoms with Crippen LogP contribution in [0.25, 0.3) is 0 Å². The molecular formula is C15H14FN3O2. The summed E-state index contributed by atoms with van der Waals surface area (Å²) in [4.78, 5) is 15.5. The fourth-order valence-electron chi connectivity index (χ4n) is 1.54. The van der Waals surface area contributed by atoms with Gasteiger partial charge in [0.2, 0.25) is 0 Å². The van der Waals surface area contributed by atoms with Gasteiger partial charge in [0.25, 0.3) is 5.91 Å². The number of rotatable bonds is 5. The Hall–Kier alpha value is -2.76. The van der Waals surface area contributed by atoms with Crippen LogP contribution in [-0.4, -0.2) is 23.2 Å². The minimum atomic E-state index is -0.512. The Morgan fingerprint density at radius 1 is 1.29 bits per heavy atom. The normalized spacial score (nSPS) is 11.0. The van der Waals surface area contributed by atoms with Crippen molar-refractivity contribution >= 4 is 11.6 Å².